The number of hydrogen-bond donors (Lipinski definition) is 3. The summed E-state index contributed by atoms with van der Waals surface area (Å²) < 4.78 is 7.55. The fourth-order valence-electron chi connectivity index (χ4n) is 5.08. The van der Waals surface area contributed by atoms with Crippen molar-refractivity contribution in [1.82, 2.24) is 19.5 Å². The third-order valence-electron chi connectivity index (χ3n) is 7.20. The predicted molar refractivity (Wildman–Crippen MR) is 142 cm³/mol. The molecule has 1 saturated carbocycles. The van der Waals surface area contributed by atoms with E-state index >= 15 is 0 Å². The minimum absolute atomic E-state index is 0.134. The number of aromatic nitrogens is 4. The Kier molecular flexibility index (Phi) is 7.18. The van der Waals surface area contributed by atoms with Crippen molar-refractivity contribution in [2.45, 2.75) is 57.0 Å². The third kappa shape index (κ3) is 5.07. The summed E-state index contributed by atoms with van der Waals surface area (Å²) in [4.78, 5) is 26.0. The van der Waals surface area contributed by atoms with Crippen LogP contribution >= 0.6 is 34.8 Å². The molecule has 9 nitrogen and oxygen atoms in total. The summed E-state index contributed by atoms with van der Waals surface area (Å²) in [6.07, 6.45) is 6.35. The Morgan fingerprint density at radius 3 is 2.42 bits per heavy atom. The van der Waals surface area contributed by atoms with Gasteiger partial charge in [0.05, 0.1) is 21.9 Å². The van der Waals surface area contributed by atoms with Gasteiger partial charge in [-0.05, 0) is 57.6 Å². The number of anilines is 3. The number of fused-ring (bicyclic) bond motifs is 1. The van der Waals surface area contributed by atoms with Crippen LogP contribution in [0.3, 0.4) is 0 Å². The number of imidazole rings is 1. The molecular weight excluding hydrogens is 525 g/mol. The van der Waals surface area contributed by atoms with E-state index in [2.05, 4.69) is 27.1 Å². The van der Waals surface area contributed by atoms with E-state index in [0.717, 1.165) is 25.7 Å². The first-order valence-corrected chi connectivity index (χ1v) is 13.2. The molecule has 2 aromatic heterocycles. The van der Waals surface area contributed by atoms with Crippen molar-refractivity contribution in [3.8, 4) is 0 Å². The highest BCUT2D eigenvalue weighted by Crippen LogP contribution is 2.43. The Balaban J connectivity index is 1.57. The number of nitrogens with zero attached hydrogens (tertiary/aromatic N) is 4. The van der Waals surface area contributed by atoms with E-state index in [1.165, 1.54) is 0 Å². The molecule has 1 aliphatic carbocycles. The highest BCUT2D eigenvalue weighted by molar-refractivity contribution is 6.41. The van der Waals surface area contributed by atoms with Gasteiger partial charge in [0, 0.05) is 35.7 Å². The number of carbonyl (C=O) groups excluding carboxylic acids is 1. The van der Waals surface area contributed by atoms with E-state index in [0.29, 0.717) is 69.9 Å². The van der Waals surface area contributed by atoms with Crippen LogP contribution in [0.25, 0.3) is 11.2 Å². The van der Waals surface area contributed by atoms with Gasteiger partial charge in [0.2, 0.25) is 17.8 Å². The molecule has 5 rings (SSSR count). The van der Waals surface area contributed by atoms with Crippen LogP contribution in [0.2, 0.25) is 15.1 Å². The molecule has 1 aliphatic heterocycles. The van der Waals surface area contributed by atoms with Crippen molar-refractivity contribution in [2.24, 2.45) is 11.7 Å². The van der Waals surface area contributed by atoms with Crippen LogP contribution in [0.4, 0.5) is 17.6 Å². The number of amides is 1. The van der Waals surface area contributed by atoms with Gasteiger partial charge >= 0.3 is 0 Å². The monoisotopic (exact) mass is 551 g/mol. The van der Waals surface area contributed by atoms with Crippen LogP contribution < -0.4 is 16.4 Å². The van der Waals surface area contributed by atoms with Crippen LogP contribution in [-0.2, 0) is 15.1 Å². The van der Waals surface area contributed by atoms with Gasteiger partial charge in [0.1, 0.15) is 5.52 Å². The zero-order valence-electron chi connectivity index (χ0n) is 19.9. The second kappa shape index (κ2) is 10.2. The van der Waals surface area contributed by atoms with Crippen molar-refractivity contribution < 1.29 is 9.53 Å². The Bertz CT molecular complexity index is 1260. The first kappa shape index (κ1) is 25.3. The number of nitrogens with two attached hydrogens (primary N) is 1. The molecule has 0 unspecified atom stereocenters. The summed E-state index contributed by atoms with van der Waals surface area (Å²) >= 11 is 19.1. The third-order valence-corrected chi connectivity index (χ3v) is 8.02. The molecule has 36 heavy (non-hydrogen) atoms. The number of benzene rings is 1. The van der Waals surface area contributed by atoms with Crippen LogP contribution in [0.15, 0.2) is 18.3 Å². The van der Waals surface area contributed by atoms with Crippen LogP contribution in [0, 0.1) is 5.92 Å². The maximum Gasteiger partial charge on any atom is 0.224 e. The zero-order chi connectivity index (χ0) is 25.4. The van der Waals surface area contributed by atoms with Crippen molar-refractivity contribution in [3.05, 3.63) is 33.4 Å². The van der Waals surface area contributed by atoms with Gasteiger partial charge < -0.3 is 21.1 Å². The van der Waals surface area contributed by atoms with Gasteiger partial charge in [-0.15, -0.1) is 0 Å². The van der Waals surface area contributed by atoms with Crippen LogP contribution in [0.5, 0.6) is 0 Å². The molecule has 0 bridgehead atoms. The van der Waals surface area contributed by atoms with Gasteiger partial charge in [-0.1, -0.05) is 34.8 Å². The number of primary amides is 1. The van der Waals surface area contributed by atoms with Crippen LogP contribution in [0.1, 0.15) is 45.4 Å². The van der Waals surface area contributed by atoms with E-state index in [1.54, 1.807) is 18.3 Å². The first-order chi connectivity index (χ1) is 17.2. The van der Waals surface area contributed by atoms with Gasteiger partial charge in [-0.3, -0.25) is 9.36 Å². The van der Waals surface area contributed by atoms with E-state index in [1.807, 2.05) is 0 Å². The lowest BCUT2D eigenvalue weighted by Gasteiger charge is -2.38. The lowest BCUT2D eigenvalue weighted by Crippen LogP contribution is -2.38. The maximum atomic E-state index is 11.8. The summed E-state index contributed by atoms with van der Waals surface area (Å²) in [7, 11) is 0. The predicted octanol–water partition coefficient (Wildman–Crippen LogP) is 5.51. The van der Waals surface area contributed by atoms with E-state index < -0.39 is 0 Å². The lowest BCUT2D eigenvalue weighted by molar-refractivity contribution is -0.123. The molecular formula is C24H28Cl3N7O2. The summed E-state index contributed by atoms with van der Waals surface area (Å²) in [6.45, 7) is 3.58. The van der Waals surface area contributed by atoms with Gasteiger partial charge in [0.25, 0.3) is 0 Å². The highest BCUT2D eigenvalue weighted by atomic mass is 35.5. The Labute approximate surface area is 224 Å². The Morgan fingerprint density at radius 2 is 1.78 bits per heavy atom. The molecule has 3 heterocycles. The topological polar surface area (TPSA) is 120 Å². The lowest BCUT2D eigenvalue weighted by atomic mass is 9.77. The average molecular weight is 553 g/mol. The molecule has 0 radical (unpaired) electrons. The summed E-state index contributed by atoms with van der Waals surface area (Å²) in [5, 5.41) is 7.95. The molecule has 2 aliphatic rings. The molecule has 12 heteroatoms. The maximum absolute atomic E-state index is 11.8. The number of nitrogens with one attached hydrogen (secondary N) is 2. The molecule has 1 saturated heterocycles. The zero-order valence-corrected chi connectivity index (χ0v) is 22.1. The number of carbonyl (C=O) groups is 1. The Morgan fingerprint density at radius 1 is 1.11 bits per heavy atom. The smallest absolute Gasteiger partial charge is 0.224 e. The van der Waals surface area contributed by atoms with Crippen LogP contribution in [-0.4, -0.2) is 44.7 Å². The van der Waals surface area contributed by atoms with Gasteiger partial charge in [-0.25, -0.2) is 9.97 Å². The highest BCUT2D eigenvalue weighted by Gasteiger charge is 2.38. The normalized spacial score (nSPS) is 23.1. The van der Waals surface area contributed by atoms with Crippen molar-refractivity contribution in [2.75, 3.05) is 23.8 Å². The molecule has 0 atom stereocenters. The summed E-state index contributed by atoms with van der Waals surface area (Å²) in [5.74, 6) is 0.688. The molecule has 3 aromatic rings. The van der Waals surface area contributed by atoms with Crippen molar-refractivity contribution in [3.63, 3.8) is 0 Å². The van der Waals surface area contributed by atoms with E-state index in [-0.39, 0.29) is 23.4 Å². The number of hydrogen-bond acceptors (Lipinski definition) is 7. The second-order valence-electron chi connectivity index (χ2n) is 9.75. The minimum atomic E-state index is -0.376. The molecule has 1 aromatic carbocycles. The average Bonchev–Trinajstić information content (AvgIpc) is 3.20. The van der Waals surface area contributed by atoms with Gasteiger partial charge in [0.15, 0.2) is 5.65 Å². The quantitative estimate of drug-likeness (QED) is 0.369. The standard InChI is InChI=1S/C24H28Cl3N7O2/c1-24(6-2-13(3-7-24)20(28)35)34-21-18(12-29-22(33-21)30-15-4-8-36-9-5-15)31-23(34)32-19-16(26)10-14(25)11-17(19)27/h10-13,15H,2-9H2,1H3,(H2,28,35)(H,31,32)(H,29,30,33). The van der Waals surface area contributed by atoms with E-state index in [4.69, 9.17) is 55.2 Å². The second-order valence-corrected chi connectivity index (χ2v) is 11.0. The molecule has 0 spiro atoms. The number of ether oxygens (including phenoxy) is 1. The molecule has 4 N–H and O–H groups in total. The summed E-state index contributed by atoms with van der Waals surface area (Å²) in [5.41, 5.74) is 7.05. The number of rotatable bonds is 6. The van der Waals surface area contributed by atoms with Crippen molar-refractivity contribution in [1.29, 1.82) is 0 Å². The molecule has 2 fully saturated rings. The summed E-state index contributed by atoms with van der Waals surface area (Å²) in [6, 6.07) is 3.50. The first-order valence-electron chi connectivity index (χ1n) is 12.0. The fourth-order valence-corrected chi connectivity index (χ4v) is 6.00. The van der Waals surface area contributed by atoms with Gasteiger partial charge in [-0.2, -0.15) is 4.98 Å². The molecule has 192 valence electrons. The Hall–Kier alpha value is -2.33. The van der Waals surface area contributed by atoms with Crippen molar-refractivity contribution >= 4 is 69.5 Å². The SMILES string of the molecule is CC1(n2c(Nc3c(Cl)cc(Cl)cc3Cl)nc3cnc(NC4CCOCC4)nc32)CCC(C(N)=O)CC1. The molecule has 1 amide bonds. The van der Waals surface area contributed by atoms with E-state index in [9.17, 15) is 4.79 Å². The largest absolute Gasteiger partial charge is 0.381 e. The number of halogens is 3. The minimum Gasteiger partial charge on any atom is -0.381 e. The fraction of sp³-hybridized carbons (Fsp3) is 0.500.